The van der Waals surface area contributed by atoms with E-state index in [1.54, 1.807) is 4.68 Å². The molecule has 0 bridgehead atoms. The van der Waals surface area contributed by atoms with Crippen LogP contribution in [-0.2, 0) is 7.05 Å². The second-order valence-electron chi connectivity index (χ2n) is 2.22. The summed E-state index contributed by atoms with van der Waals surface area (Å²) in [5.74, 6) is 0. The van der Waals surface area contributed by atoms with Gasteiger partial charge in [0.1, 0.15) is 0 Å². The number of rotatable bonds is 0. The Morgan fingerprint density at radius 2 is 2.00 bits per heavy atom. The van der Waals surface area contributed by atoms with Gasteiger partial charge in [0.15, 0.2) is 0 Å². The van der Waals surface area contributed by atoms with Crippen LogP contribution in [0.15, 0.2) is 0 Å². The van der Waals surface area contributed by atoms with Crippen molar-refractivity contribution in [1.82, 2.24) is 9.78 Å². The largest absolute Gasteiger partial charge is 0.272 e. The Labute approximate surface area is 55.5 Å². The van der Waals surface area contributed by atoms with Crippen molar-refractivity contribution < 1.29 is 0 Å². The van der Waals surface area contributed by atoms with Gasteiger partial charge in [0.2, 0.25) is 0 Å². The van der Waals surface area contributed by atoms with Crippen LogP contribution in [0.5, 0.6) is 0 Å². The lowest BCUT2D eigenvalue weighted by Gasteiger charge is -1.90. The molecule has 1 heterocycles. The summed E-state index contributed by atoms with van der Waals surface area (Å²) in [4.78, 5) is 0. The molecule has 9 heavy (non-hydrogen) atoms. The molecule has 0 spiro atoms. The highest BCUT2D eigenvalue weighted by Crippen LogP contribution is 2.08. The first-order valence-electron chi connectivity index (χ1n) is 2.88. The van der Waals surface area contributed by atoms with E-state index in [0.717, 1.165) is 17.0 Å². The minimum absolute atomic E-state index is 0.757. The van der Waals surface area contributed by atoms with Gasteiger partial charge in [-0.15, -0.1) is 0 Å². The van der Waals surface area contributed by atoms with Crippen LogP contribution in [0.3, 0.4) is 0 Å². The molecule has 1 aromatic heterocycles. The minimum Gasteiger partial charge on any atom is -0.272 e. The van der Waals surface area contributed by atoms with Crippen LogP contribution in [0.1, 0.15) is 17.0 Å². The zero-order valence-electron chi connectivity index (χ0n) is 5.97. The predicted molar refractivity (Wildman–Crippen MR) is 36.1 cm³/mol. The molecule has 0 N–H and O–H groups in total. The van der Waals surface area contributed by atoms with Gasteiger partial charge in [0.25, 0.3) is 0 Å². The predicted octanol–water partition coefficient (Wildman–Crippen LogP) is 1.10. The fourth-order valence-corrected chi connectivity index (χ4v) is 0.782. The normalized spacial score (nSPS) is 10.2. The summed E-state index contributed by atoms with van der Waals surface area (Å²) in [6.07, 6.45) is 0. The smallest absolute Gasteiger partial charge is 0.0625 e. The third-order valence-corrected chi connectivity index (χ3v) is 1.58. The maximum Gasteiger partial charge on any atom is 0.0625 e. The second kappa shape index (κ2) is 1.87. The summed E-state index contributed by atoms with van der Waals surface area (Å²) >= 11 is 0. The molecular weight excluding hydrogens is 112 g/mol. The molecule has 0 fully saturated rings. The first kappa shape index (κ1) is 6.33. The maximum atomic E-state index is 5.60. The number of aryl methyl sites for hydroxylation is 2. The van der Waals surface area contributed by atoms with Gasteiger partial charge in [0, 0.05) is 19.7 Å². The van der Waals surface area contributed by atoms with Gasteiger partial charge >= 0.3 is 0 Å². The van der Waals surface area contributed by atoms with E-state index in [9.17, 15) is 0 Å². The fourth-order valence-electron chi connectivity index (χ4n) is 0.782. The molecule has 0 amide bonds. The minimum atomic E-state index is 0.757. The Balaban J connectivity index is 3.29. The lowest BCUT2D eigenvalue weighted by Crippen LogP contribution is -1.92. The highest BCUT2D eigenvalue weighted by Gasteiger charge is 2.01. The molecule has 48 valence electrons. The van der Waals surface area contributed by atoms with Crippen LogP contribution in [0.2, 0.25) is 0 Å². The van der Waals surface area contributed by atoms with Crippen LogP contribution < -0.4 is 0 Å². The second-order valence-corrected chi connectivity index (χ2v) is 2.22. The third kappa shape index (κ3) is 0.846. The molecule has 2 heteroatoms. The molecule has 0 aliphatic rings. The Kier molecular flexibility index (Phi) is 1.31. The summed E-state index contributed by atoms with van der Waals surface area (Å²) in [5, 5.41) is 4.10. The zero-order valence-corrected chi connectivity index (χ0v) is 5.97. The van der Waals surface area contributed by atoms with Gasteiger partial charge in [-0.1, -0.05) is 0 Å². The Bertz CT molecular complexity index is 201. The monoisotopic (exact) mass is 122 g/mol. The van der Waals surface area contributed by atoms with E-state index in [0.29, 0.717) is 0 Å². The molecular formula is C7H10N2. The van der Waals surface area contributed by atoms with Crippen molar-refractivity contribution >= 4 is 0 Å². The lowest BCUT2D eigenvalue weighted by atomic mass is 10.2. The van der Waals surface area contributed by atoms with E-state index < -0.39 is 0 Å². The molecule has 2 radical (unpaired) electrons. The Hall–Kier alpha value is -0.790. The maximum absolute atomic E-state index is 5.60. The quantitative estimate of drug-likeness (QED) is 0.503. The first-order valence-corrected chi connectivity index (χ1v) is 2.88. The fraction of sp³-hybridized carbons (Fsp3) is 0.429. The van der Waals surface area contributed by atoms with E-state index in [1.165, 1.54) is 0 Å². The molecule has 2 nitrogen and oxygen atoms in total. The van der Waals surface area contributed by atoms with E-state index in [4.69, 9.17) is 6.92 Å². The third-order valence-electron chi connectivity index (χ3n) is 1.58. The van der Waals surface area contributed by atoms with Crippen molar-refractivity contribution in [2.75, 3.05) is 0 Å². The summed E-state index contributed by atoms with van der Waals surface area (Å²) in [6, 6.07) is 0. The average molecular weight is 122 g/mol. The van der Waals surface area contributed by atoms with Crippen LogP contribution in [-0.4, -0.2) is 9.78 Å². The molecule has 0 aliphatic carbocycles. The Morgan fingerprint density at radius 3 is 2.11 bits per heavy atom. The molecule has 0 aliphatic heterocycles. The SMILES string of the molecule is [CH]c1c(C)c(C)nn1C. The van der Waals surface area contributed by atoms with Crippen LogP contribution in [0.4, 0.5) is 0 Å². The van der Waals surface area contributed by atoms with Gasteiger partial charge in [-0.05, 0) is 19.4 Å². The lowest BCUT2D eigenvalue weighted by molar-refractivity contribution is 0.743. The topological polar surface area (TPSA) is 17.8 Å². The van der Waals surface area contributed by atoms with E-state index >= 15 is 0 Å². The standard InChI is InChI=1S/C7H10N2/c1-5-6(2)8-9(4)7(5)3/h3H,1-2,4H3. The number of aromatic nitrogens is 2. The van der Waals surface area contributed by atoms with Crippen molar-refractivity contribution in [3.05, 3.63) is 23.9 Å². The van der Waals surface area contributed by atoms with Crippen LogP contribution in [0, 0.1) is 20.8 Å². The van der Waals surface area contributed by atoms with Crippen molar-refractivity contribution in [3.8, 4) is 0 Å². The number of hydrogen-bond acceptors (Lipinski definition) is 1. The highest BCUT2D eigenvalue weighted by atomic mass is 15.3. The van der Waals surface area contributed by atoms with E-state index in [-0.39, 0.29) is 0 Å². The summed E-state index contributed by atoms with van der Waals surface area (Å²) in [5.41, 5.74) is 2.85. The first-order chi connectivity index (χ1) is 4.13. The molecule has 0 unspecified atom stereocenters. The van der Waals surface area contributed by atoms with Crippen LogP contribution >= 0.6 is 0 Å². The molecule has 0 aromatic carbocycles. The van der Waals surface area contributed by atoms with Gasteiger partial charge < -0.3 is 0 Å². The van der Waals surface area contributed by atoms with Crippen molar-refractivity contribution in [1.29, 1.82) is 0 Å². The summed E-state index contributed by atoms with van der Waals surface area (Å²) < 4.78 is 1.69. The van der Waals surface area contributed by atoms with E-state index in [2.05, 4.69) is 5.10 Å². The molecule has 1 aromatic rings. The van der Waals surface area contributed by atoms with Crippen molar-refractivity contribution in [3.63, 3.8) is 0 Å². The number of nitrogens with zero attached hydrogens (tertiary/aromatic N) is 2. The van der Waals surface area contributed by atoms with Crippen molar-refractivity contribution in [2.45, 2.75) is 13.8 Å². The summed E-state index contributed by atoms with van der Waals surface area (Å²) in [7, 11) is 1.84. The average Bonchev–Trinajstić information content (AvgIpc) is 1.98. The summed E-state index contributed by atoms with van der Waals surface area (Å²) in [6.45, 7) is 9.52. The van der Waals surface area contributed by atoms with Gasteiger partial charge in [-0.2, -0.15) is 5.10 Å². The van der Waals surface area contributed by atoms with Crippen LogP contribution in [0.25, 0.3) is 0 Å². The molecule has 0 saturated carbocycles. The van der Waals surface area contributed by atoms with E-state index in [1.807, 2.05) is 20.9 Å². The molecule has 1 rings (SSSR count). The van der Waals surface area contributed by atoms with Crippen molar-refractivity contribution in [2.24, 2.45) is 7.05 Å². The zero-order chi connectivity index (χ0) is 7.02. The molecule has 0 atom stereocenters. The Morgan fingerprint density at radius 1 is 1.44 bits per heavy atom. The van der Waals surface area contributed by atoms with Gasteiger partial charge in [-0.3, -0.25) is 4.68 Å². The van der Waals surface area contributed by atoms with Gasteiger partial charge in [-0.25, -0.2) is 0 Å². The number of hydrogen-bond donors (Lipinski definition) is 0. The molecule has 0 saturated heterocycles. The van der Waals surface area contributed by atoms with Gasteiger partial charge in [0.05, 0.1) is 5.69 Å². The highest BCUT2D eigenvalue weighted by molar-refractivity contribution is 5.25.